The summed E-state index contributed by atoms with van der Waals surface area (Å²) in [6.45, 7) is 8.71. The van der Waals surface area contributed by atoms with E-state index < -0.39 is 16.0 Å². The number of nitrogens with two attached hydrogens (primary N) is 1. The minimum Gasteiger partial charge on any atom is -0.461 e. The Kier molecular flexibility index (Phi) is 4.99. The Bertz CT molecular complexity index is 582. The van der Waals surface area contributed by atoms with Crippen molar-refractivity contribution in [3.63, 3.8) is 0 Å². The van der Waals surface area contributed by atoms with Gasteiger partial charge < -0.3 is 9.30 Å². The third-order valence-electron chi connectivity index (χ3n) is 2.84. The lowest BCUT2D eigenvalue weighted by Gasteiger charge is -2.17. The molecule has 0 aliphatic heterocycles. The van der Waals surface area contributed by atoms with Gasteiger partial charge in [-0.25, -0.2) is 18.4 Å². The van der Waals surface area contributed by atoms with Gasteiger partial charge in [-0.3, -0.25) is 0 Å². The number of esters is 1. The monoisotopic (exact) mass is 302 g/mol. The third-order valence-corrected chi connectivity index (χ3v) is 3.72. The van der Waals surface area contributed by atoms with E-state index in [0.717, 1.165) is 6.42 Å². The molecule has 2 N–H and O–H groups in total. The maximum Gasteiger partial charge on any atom is 0.354 e. The maximum atomic E-state index is 12.0. The summed E-state index contributed by atoms with van der Waals surface area (Å²) in [5.74, 6) is -0.536. The molecule has 1 rings (SSSR count). The van der Waals surface area contributed by atoms with Gasteiger partial charge in [-0.15, -0.1) is 0 Å². The first-order chi connectivity index (χ1) is 9.04. The van der Waals surface area contributed by atoms with Crippen LogP contribution in [0.2, 0.25) is 0 Å². The van der Waals surface area contributed by atoms with Gasteiger partial charge in [0.25, 0.3) is 0 Å². The minimum absolute atomic E-state index is 0.0682. The number of ether oxygens (including phenoxy) is 1. The highest BCUT2D eigenvalue weighted by atomic mass is 32.2. The summed E-state index contributed by atoms with van der Waals surface area (Å²) in [7, 11) is -3.82. The van der Waals surface area contributed by atoms with Crippen molar-refractivity contribution >= 4 is 16.0 Å². The molecule has 1 heterocycles. The fourth-order valence-electron chi connectivity index (χ4n) is 1.60. The zero-order chi connectivity index (χ0) is 15.6. The summed E-state index contributed by atoms with van der Waals surface area (Å²) >= 11 is 0. The van der Waals surface area contributed by atoms with Gasteiger partial charge in [-0.2, -0.15) is 0 Å². The smallest absolute Gasteiger partial charge is 0.354 e. The average Bonchev–Trinajstić information content (AvgIpc) is 2.70. The van der Waals surface area contributed by atoms with E-state index in [4.69, 9.17) is 9.88 Å². The van der Waals surface area contributed by atoms with Crippen LogP contribution in [0.4, 0.5) is 0 Å². The predicted molar refractivity (Wildman–Crippen MR) is 75.8 cm³/mol. The molecule has 114 valence electrons. The van der Waals surface area contributed by atoms with Gasteiger partial charge in [0.2, 0.25) is 10.0 Å². The Morgan fingerprint density at radius 3 is 2.45 bits per heavy atom. The highest BCUT2D eigenvalue weighted by molar-refractivity contribution is 7.89. The Morgan fingerprint density at radius 2 is 2.00 bits per heavy atom. The number of primary sulfonamides is 1. The molecule has 0 saturated carbocycles. The predicted octanol–water partition coefficient (Wildman–Crippen LogP) is 1.75. The molecule has 0 aromatic carbocycles. The van der Waals surface area contributed by atoms with E-state index in [0.29, 0.717) is 13.2 Å². The topological polar surface area (TPSA) is 91.4 Å². The highest BCUT2D eigenvalue weighted by Crippen LogP contribution is 2.19. The van der Waals surface area contributed by atoms with Crippen molar-refractivity contribution < 1.29 is 17.9 Å². The van der Waals surface area contributed by atoms with Gasteiger partial charge in [-0.1, -0.05) is 20.8 Å². The number of nitrogens with zero attached hydrogens (tertiary/aromatic N) is 1. The van der Waals surface area contributed by atoms with Gasteiger partial charge in [-0.05, 0) is 24.8 Å². The third kappa shape index (κ3) is 4.64. The molecule has 1 aromatic heterocycles. The van der Waals surface area contributed by atoms with Crippen molar-refractivity contribution in [2.45, 2.75) is 45.6 Å². The number of carbonyl (C=O) groups excluding carboxylic acids is 1. The molecule has 1 aromatic rings. The molecule has 0 bridgehead atoms. The van der Waals surface area contributed by atoms with E-state index in [1.165, 1.54) is 16.8 Å². The molecule has 0 aliphatic carbocycles. The van der Waals surface area contributed by atoms with E-state index in [-0.39, 0.29) is 16.0 Å². The molecule has 7 heteroatoms. The summed E-state index contributed by atoms with van der Waals surface area (Å²) in [6, 6.07) is 1.25. The molecule has 0 aliphatic rings. The zero-order valence-electron chi connectivity index (χ0n) is 12.3. The van der Waals surface area contributed by atoms with Gasteiger partial charge in [0.1, 0.15) is 10.6 Å². The van der Waals surface area contributed by atoms with E-state index in [1.807, 2.05) is 0 Å². The SMILES string of the molecule is CCn1cc(S(N)(=O)=O)cc1C(=O)OCCC(C)(C)C. The number of carbonyl (C=O) groups is 1. The van der Waals surface area contributed by atoms with Crippen molar-refractivity contribution in [2.75, 3.05) is 6.61 Å². The molecule has 0 unspecified atom stereocenters. The van der Waals surface area contributed by atoms with Crippen LogP contribution in [-0.2, 0) is 21.3 Å². The Morgan fingerprint density at radius 1 is 1.40 bits per heavy atom. The van der Waals surface area contributed by atoms with E-state index in [1.54, 1.807) is 6.92 Å². The van der Waals surface area contributed by atoms with Crippen LogP contribution in [-0.4, -0.2) is 25.6 Å². The van der Waals surface area contributed by atoms with E-state index in [9.17, 15) is 13.2 Å². The summed E-state index contributed by atoms with van der Waals surface area (Å²) in [5, 5.41) is 5.06. The molecular weight excluding hydrogens is 280 g/mol. The maximum absolute atomic E-state index is 12.0. The number of hydrogen-bond donors (Lipinski definition) is 1. The van der Waals surface area contributed by atoms with Crippen LogP contribution in [0.25, 0.3) is 0 Å². The van der Waals surface area contributed by atoms with Crippen molar-refractivity contribution in [3.8, 4) is 0 Å². The average molecular weight is 302 g/mol. The van der Waals surface area contributed by atoms with Crippen molar-refractivity contribution in [2.24, 2.45) is 10.6 Å². The second-order valence-corrected chi connectivity index (χ2v) is 7.40. The van der Waals surface area contributed by atoms with Gasteiger partial charge in [0, 0.05) is 12.7 Å². The van der Waals surface area contributed by atoms with Crippen molar-refractivity contribution in [3.05, 3.63) is 18.0 Å². The standard InChI is InChI=1S/C13H22N2O4S/c1-5-15-9-10(20(14,17)18)8-11(15)12(16)19-7-6-13(2,3)4/h8-9H,5-7H2,1-4H3,(H2,14,17,18). The summed E-state index contributed by atoms with van der Waals surface area (Å²) in [5.41, 5.74) is 0.268. The lowest BCUT2D eigenvalue weighted by molar-refractivity contribution is 0.0452. The fraction of sp³-hybridized carbons (Fsp3) is 0.615. The summed E-state index contributed by atoms with van der Waals surface area (Å²) in [6.07, 6.45) is 2.07. The van der Waals surface area contributed by atoms with Crippen molar-refractivity contribution in [1.29, 1.82) is 0 Å². The minimum atomic E-state index is -3.82. The van der Waals surface area contributed by atoms with Gasteiger partial charge in [0.15, 0.2) is 0 Å². The largest absolute Gasteiger partial charge is 0.461 e. The van der Waals surface area contributed by atoms with Crippen molar-refractivity contribution in [1.82, 2.24) is 4.57 Å². The Hall–Kier alpha value is -1.34. The summed E-state index contributed by atoms with van der Waals surface area (Å²) < 4.78 is 29.3. The number of sulfonamides is 1. The molecule has 0 fully saturated rings. The van der Waals surface area contributed by atoms with Crippen LogP contribution >= 0.6 is 0 Å². The molecule has 6 nitrogen and oxygen atoms in total. The molecule has 20 heavy (non-hydrogen) atoms. The van der Waals surface area contributed by atoms with Crippen LogP contribution in [0.1, 0.15) is 44.6 Å². The van der Waals surface area contributed by atoms with Crippen LogP contribution in [0, 0.1) is 5.41 Å². The second-order valence-electron chi connectivity index (χ2n) is 5.84. The molecular formula is C13H22N2O4S. The Labute approximate surface area is 120 Å². The highest BCUT2D eigenvalue weighted by Gasteiger charge is 2.20. The molecule has 0 spiro atoms. The van der Waals surface area contributed by atoms with Crippen LogP contribution in [0.15, 0.2) is 17.2 Å². The number of rotatable bonds is 5. The first-order valence-electron chi connectivity index (χ1n) is 6.44. The first-order valence-corrected chi connectivity index (χ1v) is 7.99. The number of aryl methyl sites for hydroxylation is 1. The quantitative estimate of drug-likeness (QED) is 0.839. The van der Waals surface area contributed by atoms with Gasteiger partial charge in [0.05, 0.1) is 6.61 Å². The molecule has 0 saturated heterocycles. The fourth-order valence-corrected chi connectivity index (χ4v) is 2.15. The second kappa shape index (κ2) is 5.97. The van der Waals surface area contributed by atoms with Crippen LogP contribution in [0.3, 0.4) is 0 Å². The van der Waals surface area contributed by atoms with E-state index >= 15 is 0 Å². The van der Waals surface area contributed by atoms with Crippen LogP contribution < -0.4 is 5.14 Å². The van der Waals surface area contributed by atoms with E-state index in [2.05, 4.69) is 20.8 Å². The van der Waals surface area contributed by atoms with Gasteiger partial charge >= 0.3 is 5.97 Å². The molecule has 0 radical (unpaired) electrons. The zero-order valence-corrected chi connectivity index (χ0v) is 13.2. The lowest BCUT2D eigenvalue weighted by Crippen LogP contribution is -2.15. The first kappa shape index (κ1) is 16.7. The van der Waals surface area contributed by atoms with Crippen LogP contribution in [0.5, 0.6) is 0 Å². The molecule has 0 atom stereocenters. The number of hydrogen-bond acceptors (Lipinski definition) is 4. The molecule has 0 amide bonds. The Balaban J connectivity index is 2.85. The number of aromatic nitrogens is 1. The lowest BCUT2D eigenvalue weighted by atomic mass is 9.93. The normalized spacial score (nSPS) is 12.4. The summed E-state index contributed by atoms with van der Waals surface area (Å²) in [4.78, 5) is 11.9.